The van der Waals surface area contributed by atoms with E-state index in [1.165, 1.54) is 18.2 Å². The lowest BCUT2D eigenvalue weighted by molar-refractivity contribution is -0.120. The van der Waals surface area contributed by atoms with Crippen LogP contribution in [0.3, 0.4) is 0 Å². The van der Waals surface area contributed by atoms with Gasteiger partial charge in [-0.3, -0.25) is 9.59 Å². The van der Waals surface area contributed by atoms with E-state index < -0.39 is 35.9 Å². The van der Waals surface area contributed by atoms with Crippen LogP contribution in [0.4, 0.5) is 18.9 Å². The zero-order chi connectivity index (χ0) is 27.4. The number of guanidine groups is 1. The van der Waals surface area contributed by atoms with Crippen molar-refractivity contribution in [2.45, 2.75) is 50.2 Å². The zero-order valence-corrected chi connectivity index (χ0v) is 21.4. The van der Waals surface area contributed by atoms with E-state index in [0.717, 1.165) is 0 Å². The normalized spacial score (nSPS) is 18.7. The summed E-state index contributed by atoms with van der Waals surface area (Å²) < 4.78 is 40.5. The number of carbonyl (C=O) groups is 2. The number of halogens is 4. The number of carbonyl (C=O) groups excluding carboxylic acids is 2. The van der Waals surface area contributed by atoms with Crippen molar-refractivity contribution >= 4 is 35.1 Å². The summed E-state index contributed by atoms with van der Waals surface area (Å²) in [6, 6.07) is 8.43. The average molecular weight is 552 g/mol. The minimum atomic E-state index is -2.50. The number of phenols is 1. The van der Waals surface area contributed by atoms with Gasteiger partial charge in [-0.15, -0.1) is 0 Å². The van der Waals surface area contributed by atoms with Gasteiger partial charge in [0, 0.05) is 22.3 Å². The van der Waals surface area contributed by atoms with E-state index in [-0.39, 0.29) is 30.9 Å². The van der Waals surface area contributed by atoms with E-state index in [9.17, 15) is 27.9 Å². The molecule has 204 valence electrons. The van der Waals surface area contributed by atoms with Crippen LogP contribution in [0.1, 0.15) is 53.7 Å². The zero-order valence-electron chi connectivity index (χ0n) is 20.7. The van der Waals surface area contributed by atoms with Gasteiger partial charge in [0.05, 0.1) is 31.1 Å². The van der Waals surface area contributed by atoms with Crippen LogP contribution in [-0.4, -0.2) is 55.1 Å². The molecule has 0 radical (unpaired) electrons. The number of amides is 2. The first-order valence-electron chi connectivity index (χ1n) is 12.3. The largest absolute Gasteiger partial charge is 0.508 e. The third kappa shape index (κ3) is 6.50. The highest BCUT2D eigenvalue weighted by atomic mass is 35.5. The fraction of sp³-hybridized carbons (Fsp3) is 0.423. The fourth-order valence-electron chi connectivity index (χ4n) is 4.35. The number of phenolic OH excluding ortho intramolecular Hbond substituents is 1. The van der Waals surface area contributed by atoms with Crippen molar-refractivity contribution in [3.05, 3.63) is 58.1 Å². The number of alkyl halides is 3. The van der Waals surface area contributed by atoms with Gasteiger partial charge in [-0.05, 0) is 54.7 Å². The molecule has 0 bridgehead atoms. The van der Waals surface area contributed by atoms with E-state index in [1.54, 1.807) is 18.2 Å². The highest BCUT2D eigenvalue weighted by Crippen LogP contribution is 2.53. The summed E-state index contributed by atoms with van der Waals surface area (Å²) in [6.45, 7) is 1.58. The summed E-state index contributed by atoms with van der Waals surface area (Å²) in [7, 11) is 0. The molecule has 38 heavy (non-hydrogen) atoms. The van der Waals surface area contributed by atoms with Gasteiger partial charge in [0.1, 0.15) is 11.9 Å². The third-order valence-electron chi connectivity index (χ3n) is 6.64. The fourth-order valence-corrected chi connectivity index (χ4v) is 4.59. The van der Waals surface area contributed by atoms with Crippen molar-refractivity contribution in [2.24, 2.45) is 4.99 Å². The second-order valence-corrected chi connectivity index (χ2v) is 9.94. The van der Waals surface area contributed by atoms with E-state index >= 15 is 0 Å². The summed E-state index contributed by atoms with van der Waals surface area (Å²) in [5.41, 5.74) is 0.337. The predicted molar refractivity (Wildman–Crippen MR) is 139 cm³/mol. The SMILES string of the molecule is CCC(NC(=O)CNC(=O)c1cc(O)cc(NC2=NCC(F)CN2)c1)c1cc(Cl)cc(C2(C(F)F)CC2)c1. The molecule has 12 heteroatoms. The Kier molecular flexibility index (Phi) is 8.35. The molecular weight excluding hydrogens is 523 g/mol. The van der Waals surface area contributed by atoms with Crippen molar-refractivity contribution in [3.63, 3.8) is 0 Å². The van der Waals surface area contributed by atoms with Crippen LogP contribution in [0, 0.1) is 0 Å². The summed E-state index contributed by atoms with van der Waals surface area (Å²) >= 11 is 6.22. The molecule has 1 aliphatic carbocycles. The lowest BCUT2D eigenvalue weighted by Gasteiger charge is -2.21. The Morgan fingerprint density at radius 1 is 1.21 bits per heavy atom. The highest BCUT2D eigenvalue weighted by molar-refractivity contribution is 6.30. The van der Waals surface area contributed by atoms with Crippen LogP contribution in [0.15, 0.2) is 41.4 Å². The number of anilines is 1. The summed E-state index contributed by atoms with van der Waals surface area (Å²) in [5, 5.41) is 21.3. The Balaban J connectivity index is 1.37. The number of nitrogens with zero attached hydrogens (tertiary/aromatic N) is 1. The van der Waals surface area contributed by atoms with E-state index in [0.29, 0.717) is 47.1 Å². The molecule has 1 heterocycles. The minimum Gasteiger partial charge on any atom is -0.508 e. The average Bonchev–Trinajstić information content (AvgIpc) is 3.69. The first-order valence-corrected chi connectivity index (χ1v) is 12.7. The number of rotatable bonds is 9. The number of nitrogens with one attached hydrogen (secondary N) is 4. The maximum Gasteiger partial charge on any atom is 0.251 e. The molecule has 1 fully saturated rings. The van der Waals surface area contributed by atoms with Crippen LogP contribution >= 0.6 is 11.6 Å². The summed E-state index contributed by atoms with van der Waals surface area (Å²) in [4.78, 5) is 29.3. The monoisotopic (exact) mass is 551 g/mol. The molecule has 0 saturated heterocycles. The van der Waals surface area contributed by atoms with Gasteiger partial charge < -0.3 is 26.4 Å². The maximum atomic E-state index is 13.6. The number of aromatic hydroxyl groups is 1. The Morgan fingerprint density at radius 2 is 1.97 bits per heavy atom. The van der Waals surface area contributed by atoms with E-state index in [1.807, 2.05) is 6.92 Å². The van der Waals surface area contributed by atoms with Gasteiger partial charge in [0.15, 0.2) is 5.96 Å². The first kappa shape index (κ1) is 27.6. The first-order chi connectivity index (χ1) is 18.1. The van der Waals surface area contributed by atoms with E-state index in [2.05, 4.69) is 26.3 Å². The molecule has 2 aromatic carbocycles. The van der Waals surface area contributed by atoms with Gasteiger partial charge in [-0.1, -0.05) is 24.6 Å². The molecule has 2 atom stereocenters. The van der Waals surface area contributed by atoms with Crippen LogP contribution in [0.5, 0.6) is 5.75 Å². The molecule has 4 rings (SSSR count). The molecule has 0 aromatic heterocycles. The standard InChI is InChI=1S/C26H29ClF3N5O3/c1-2-21(14-5-16(9-17(27)6-14)26(3-4-26)24(29)30)35-22(37)13-31-23(38)15-7-19(10-20(36)8-15)34-25-32-11-18(28)12-33-25/h5-10,18,21,24,36H,2-4,11-13H2,1H3,(H,31,38)(H,35,37)(H2,32,33,34). The van der Waals surface area contributed by atoms with Gasteiger partial charge in [0.25, 0.3) is 5.91 Å². The van der Waals surface area contributed by atoms with Gasteiger partial charge >= 0.3 is 0 Å². The lowest BCUT2D eigenvalue weighted by atomic mass is 9.92. The van der Waals surface area contributed by atoms with Gasteiger partial charge in [-0.25, -0.2) is 18.2 Å². The van der Waals surface area contributed by atoms with Crippen LogP contribution in [0.25, 0.3) is 0 Å². The molecule has 1 saturated carbocycles. The third-order valence-corrected chi connectivity index (χ3v) is 6.86. The second kappa shape index (κ2) is 11.5. The maximum absolute atomic E-state index is 13.6. The Hall–Kier alpha value is -3.47. The van der Waals surface area contributed by atoms with Crippen LogP contribution in [-0.2, 0) is 10.2 Å². The summed E-state index contributed by atoms with van der Waals surface area (Å²) in [6.07, 6.45) is -2.34. The molecule has 0 spiro atoms. The molecule has 5 N–H and O–H groups in total. The van der Waals surface area contributed by atoms with Crippen molar-refractivity contribution in [1.29, 1.82) is 0 Å². The van der Waals surface area contributed by atoms with Crippen LogP contribution in [0.2, 0.25) is 5.02 Å². The second-order valence-electron chi connectivity index (χ2n) is 9.50. The molecule has 1 aliphatic heterocycles. The van der Waals surface area contributed by atoms with Crippen molar-refractivity contribution in [3.8, 4) is 5.75 Å². The number of aliphatic imine (C=N–C) groups is 1. The van der Waals surface area contributed by atoms with E-state index in [4.69, 9.17) is 11.6 Å². The van der Waals surface area contributed by atoms with Crippen molar-refractivity contribution in [2.75, 3.05) is 25.0 Å². The van der Waals surface area contributed by atoms with Gasteiger partial charge in [-0.2, -0.15) is 0 Å². The number of hydrogen-bond acceptors (Lipinski definition) is 6. The Labute approximate surface area is 223 Å². The molecule has 8 nitrogen and oxygen atoms in total. The molecular formula is C26H29ClF3N5O3. The van der Waals surface area contributed by atoms with Crippen LogP contribution < -0.4 is 21.3 Å². The lowest BCUT2D eigenvalue weighted by Crippen LogP contribution is -2.41. The highest BCUT2D eigenvalue weighted by Gasteiger charge is 2.52. The Bertz CT molecular complexity index is 1240. The molecule has 2 unspecified atom stereocenters. The number of hydrogen-bond donors (Lipinski definition) is 5. The van der Waals surface area contributed by atoms with Crippen molar-refractivity contribution in [1.82, 2.24) is 16.0 Å². The molecule has 2 aromatic rings. The summed E-state index contributed by atoms with van der Waals surface area (Å²) in [5.74, 6) is -0.968. The molecule has 2 amide bonds. The smallest absolute Gasteiger partial charge is 0.251 e. The quantitative estimate of drug-likeness (QED) is 0.323. The molecule has 2 aliphatic rings. The minimum absolute atomic E-state index is 0.00104. The van der Waals surface area contributed by atoms with Crippen molar-refractivity contribution < 1.29 is 27.9 Å². The Morgan fingerprint density at radius 3 is 2.61 bits per heavy atom. The number of benzene rings is 2. The predicted octanol–water partition coefficient (Wildman–Crippen LogP) is 4.05. The topological polar surface area (TPSA) is 115 Å². The van der Waals surface area contributed by atoms with Gasteiger partial charge in [0.2, 0.25) is 12.3 Å².